The lowest BCUT2D eigenvalue weighted by molar-refractivity contribution is -0.156. The summed E-state index contributed by atoms with van der Waals surface area (Å²) in [5.41, 5.74) is 2.45. The molecule has 3 unspecified atom stereocenters. The molecule has 0 saturated heterocycles. The second-order valence-electron chi connectivity index (χ2n) is 22.1. The van der Waals surface area contributed by atoms with Crippen LogP contribution < -0.4 is 18.9 Å². The predicted octanol–water partition coefficient (Wildman–Crippen LogP) is 9.85. The number of carbonyl (C=O) groups excluding carboxylic acids is 10. The van der Waals surface area contributed by atoms with Gasteiger partial charge in [-0.3, -0.25) is 38.4 Å². The van der Waals surface area contributed by atoms with Crippen LogP contribution in [-0.2, 0) is 93.9 Å². The number of nitriles is 2. The van der Waals surface area contributed by atoms with Crippen molar-refractivity contribution in [1.82, 2.24) is 0 Å². The molecule has 92 heavy (non-hydrogen) atoms. The van der Waals surface area contributed by atoms with Gasteiger partial charge < -0.3 is 52.1 Å². The zero-order valence-corrected chi connectivity index (χ0v) is 53.6. The fraction of sp³-hybridized carbons (Fsp3) is 0.463. The van der Waals surface area contributed by atoms with Crippen molar-refractivity contribution >= 4 is 83.2 Å². The molecule has 1 heterocycles. The minimum absolute atomic E-state index is 0.0133. The Morgan fingerprint density at radius 1 is 0.489 bits per heavy atom. The Hall–Kier alpha value is -8.78. The highest BCUT2D eigenvalue weighted by Gasteiger charge is 2.39. The molecule has 3 aliphatic rings. The Labute approximate surface area is 541 Å². The summed E-state index contributed by atoms with van der Waals surface area (Å²) in [6.07, 6.45) is 3.05. The Balaban J connectivity index is 0.915. The Kier molecular flexibility index (Phi) is 28.5. The molecule has 25 heteroatoms. The van der Waals surface area contributed by atoms with E-state index in [1.54, 1.807) is 83.1 Å². The van der Waals surface area contributed by atoms with E-state index >= 15 is 0 Å². The summed E-state index contributed by atoms with van der Waals surface area (Å²) in [6, 6.07) is 17.3. The minimum Gasteiger partial charge on any atom is -0.465 e. The van der Waals surface area contributed by atoms with Gasteiger partial charge in [0.05, 0.1) is 89.3 Å². The van der Waals surface area contributed by atoms with Gasteiger partial charge in [-0.05, 0) is 133 Å². The van der Waals surface area contributed by atoms with Crippen LogP contribution in [0.15, 0.2) is 93.4 Å². The van der Waals surface area contributed by atoms with Crippen LogP contribution >= 0.6 is 23.5 Å². The van der Waals surface area contributed by atoms with Gasteiger partial charge in [-0.1, -0.05) is 60.9 Å². The first-order valence-corrected chi connectivity index (χ1v) is 31.7. The third-order valence-corrected chi connectivity index (χ3v) is 17.7. The van der Waals surface area contributed by atoms with Crippen molar-refractivity contribution in [1.29, 1.82) is 10.5 Å². The highest BCUT2D eigenvalue weighted by molar-refractivity contribution is 8.24. The van der Waals surface area contributed by atoms with E-state index in [4.69, 9.17) is 52.1 Å². The van der Waals surface area contributed by atoms with Gasteiger partial charge in [-0.15, -0.1) is 0 Å². The molecule has 1 aliphatic heterocycles. The van der Waals surface area contributed by atoms with Gasteiger partial charge in [-0.2, -0.15) is 10.5 Å². The SMILES string of the molecule is C=CC(=O)OCC(C)OCC(C)OC(=O)CCC(=O)OCCc1ccc(OC(=O)C2CCC(C(=O)Oc3c(C)c(C)c(OC(=O)C4CCC(C(=O)Oc5ccc(CCOC(=O)CCC(=O)OCC(C)OC(=O)C=C)cc5)CC4)c4c3SC(=C(C#N)C#N)S4)CC2)cc1. The van der Waals surface area contributed by atoms with Crippen LogP contribution in [0, 0.1) is 60.2 Å². The zero-order chi connectivity index (χ0) is 66.9. The van der Waals surface area contributed by atoms with Gasteiger partial charge in [0.1, 0.15) is 66.1 Å². The van der Waals surface area contributed by atoms with Gasteiger partial charge in [0, 0.05) is 25.0 Å². The Morgan fingerprint density at radius 3 is 1.26 bits per heavy atom. The number of ether oxygens (including phenoxy) is 11. The summed E-state index contributed by atoms with van der Waals surface area (Å²) in [4.78, 5) is 127. The molecule has 2 aliphatic carbocycles. The standard InChI is InChI=1S/C67H74N2O21S2/c1-8-53(70)83-36-39(3)82-37-40(4)86-58(75)29-28-56(73)81-33-31-45-12-24-52(25-13-45)88-64(77)47-16-20-49(21-17-47)66(79)90-60-43(7)42(6)59(61-62(60)92-67(91-61)50(34-68)35-69)89-65(78)48-18-14-46(15-19-48)63(76)87-51-22-10-44(11-23-51)30-32-80-55(72)26-27-57(74)84-38-41(5)85-54(71)9-2/h8-13,22-25,39-41,46-49H,1-2,14-21,26-33,36-38H2,3-7H3. The number of nitrogens with zero attached hydrogens (tertiary/aromatic N) is 2. The average Bonchev–Trinajstić information content (AvgIpc) is 1.55. The molecule has 490 valence electrons. The molecule has 0 N–H and O–H groups in total. The van der Waals surface area contributed by atoms with Crippen LogP contribution in [0.5, 0.6) is 23.0 Å². The Morgan fingerprint density at radius 2 is 0.859 bits per heavy atom. The average molecular weight is 1310 g/mol. The first kappa shape index (κ1) is 72.3. The molecule has 23 nitrogen and oxygen atoms in total. The van der Waals surface area contributed by atoms with Crippen molar-refractivity contribution in [3.8, 4) is 35.1 Å². The number of thioether (sulfide) groups is 2. The topological polar surface area (TPSA) is 320 Å². The summed E-state index contributed by atoms with van der Waals surface area (Å²) in [5.74, 6) is -6.61. The van der Waals surface area contributed by atoms with E-state index in [-0.39, 0.29) is 75.8 Å². The molecule has 3 aromatic carbocycles. The monoisotopic (exact) mass is 1310 g/mol. The summed E-state index contributed by atoms with van der Waals surface area (Å²) in [5, 5.41) is 19.6. The van der Waals surface area contributed by atoms with Gasteiger partial charge in [0.15, 0.2) is 0 Å². The maximum atomic E-state index is 13.9. The number of hydrogen-bond donors (Lipinski definition) is 0. The molecule has 0 spiro atoms. The molecule has 0 amide bonds. The van der Waals surface area contributed by atoms with Crippen molar-refractivity contribution in [2.24, 2.45) is 23.7 Å². The molecule has 2 fully saturated rings. The summed E-state index contributed by atoms with van der Waals surface area (Å²) >= 11 is 2.14. The largest absolute Gasteiger partial charge is 0.465 e. The van der Waals surface area contributed by atoms with E-state index in [0.717, 1.165) is 46.8 Å². The molecule has 0 aromatic heterocycles. The lowest BCUT2D eigenvalue weighted by Gasteiger charge is -2.27. The second-order valence-corrected chi connectivity index (χ2v) is 24.4. The third-order valence-electron chi connectivity index (χ3n) is 15.1. The number of hydrogen-bond acceptors (Lipinski definition) is 25. The van der Waals surface area contributed by atoms with Crippen molar-refractivity contribution in [3.05, 3.63) is 106 Å². The van der Waals surface area contributed by atoms with Crippen LogP contribution in [-0.4, -0.2) is 111 Å². The number of benzene rings is 3. The van der Waals surface area contributed by atoms with Gasteiger partial charge in [-0.25, -0.2) is 9.59 Å². The summed E-state index contributed by atoms with van der Waals surface area (Å²) < 4.78 is 60.2. The minimum atomic E-state index is -0.676. The van der Waals surface area contributed by atoms with Crippen molar-refractivity contribution in [2.75, 3.05) is 33.0 Å². The summed E-state index contributed by atoms with van der Waals surface area (Å²) in [6.45, 7) is 15.0. The summed E-state index contributed by atoms with van der Waals surface area (Å²) in [7, 11) is 0. The molecule has 6 rings (SSSR count). The van der Waals surface area contributed by atoms with Crippen molar-refractivity contribution in [3.63, 3.8) is 0 Å². The van der Waals surface area contributed by atoms with Gasteiger partial charge in [0.2, 0.25) is 0 Å². The highest BCUT2D eigenvalue weighted by atomic mass is 32.2. The fourth-order valence-corrected chi connectivity index (χ4v) is 12.3. The molecular formula is C67H74N2O21S2. The smallest absolute Gasteiger partial charge is 0.330 e. The molecular weight excluding hydrogens is 1230 g/mol. The van der Waals surface area contributed by atoms with Crippen molar-refractivity contribution < 1.29 is 100 Å². The van der Waals surface area contributed by atoms with Crippen molar-refractivity contribution in [2.45, 2.75) is 153 Å². The Bertz CT molecular complexity index is 3310. The van der Waals surface area contributed by atoms with Crippen LogP contribution in [0.3, 0.4) is 0 Å². The third kappa shape index (κ3) is 22.6. The maximum Gasteiger partial charge on any atom is 0.330 e. The number of esters is 10. The van der Waals surface area contributed by atoms with Crippen LogP contribution in [0.1, 0.15) is 120 Å². The quantitative estimate of drug-likeness (QED) is 0.0190. The first-order valence-electron chi connectivity index (χ1n) is 30.1. The molecule has 2 saturated carbocycles. The van der Waals surface area contributed by atoms with E-state index in [9.17, 15) is 58.5 Å². The van der Waals surface area contributed by atoms with Crippen LogP contribution in [0.2, 0.25) is 0 Å². The normalized spacial score (nSPS) is 17.4. The number of fused-ring (bicyclic) bond motifs is 1. The van der Waals surface area contributed by atoms with E-state index in [0.29, 0.717) is 101 Å². The maximum absolute atomic E-state index is 13.9. The molecule has 0 radical (unpaired) electrons. The zero-order valence-electron chi connectivity index (χ0n) is 51.9. The van der Waals surface area contributed by atoms with Gasteiger partial charge >= 0.3 is 59.7 Å². The fourth-order valence-electron chi connectivity index (χ4n) is 9.69. The number of allylic oxidation sites excluding steroid dienone is 1. The lowest BCUT2D eigenvalue weighted by Crippen LogP contribution is -2.31. The molecule has 0 bridgehead atoms. The van der Waals surface area contributed by atoms with Crippen LogP contribution in [0.4, 0.5) is 0 Å². The van der Waals surface area contributed by atoms with Crippen LogP contribution in [0.25, 0.3) is 0 Å². The van der Waals surface area contributed by atoms with Gasteiger partial charge in [0.25, 0.3) is 0 Å². The van der Waals surface area contributed by atoms with E-state index in [1.165, 1.54) is 0 Å². The first-order chi connectivity index (χ1) is 44.1. The molecule has 3 aromatic rings. The second kappa shape index (κ2) is 36.3. The number of rotatable bonds is 31. The van der Waals surface area contributed by atoms with E-state index in [2.05, 4.69) is 13.2 Å². The lowest BCUT2D eigenvalue weighted by atomic mass is 9.82. The predicted molar refractivity (Wildman–Crippen MR) is 329 cm³/mol. The molecule has 3 atom stereocenters. The number of carbonyl (C=O) groups is 10. The van der Waals surface area contributed by atoms with E-state index < -0.39 is 102 Å². The highest BCUT2D eigenvalue weighted by Crippen LogP contribution is 2.61. The van der Waals surface area contributed by atoms with E-state index in [1.807, 2.05) is 12.1 Å².